The van der Waals surface area contributed by atoms with Crippen molar-refractivity contribution in [1.29, 1.82) is 0 Å². The van der Waals surface area contributed by atoms with E-state index in [-0.39, 0.29) is 42.2 Å². The van der Waals surface area contributed by atoms with Crippen LogP contribution in [0.5, 0.6) is 0 Å². The number of halogens is 2. The zero-order valence-electron chi connectivity index (χ0n) is 16.8. The van der Waals surface area contributed by atoms with Gasteiger partial charge in [0.2, 0.25) is 5.91 Å². The molecule has 1 aromatic heterocycles. The van der Waals surface area contributed by atoms with Crippen molar-refractivity contribution in [3.05, 3.63) is 11.6 Å². The Kier molecular flexibility index (Phi) is 8.59. The van der Waals surface area contributed by atoms with Crippen LogP contribution in [-0.2, 0) is 17.8 Å². The van der Waals surface area contributed by atoms with Gasteiger partial charge in [0.25, 0.3) is 0 Å². The molecule has 2 aliphatic heterocycles. The average Bonchev–Trinajstić information content (AvgIpc) is 3.12. The zero-order valence-corrected chi connectivity index (χ0v) is 18.4. The Morgan fingerprint density at radius 2 is 1.75 bits per heavy atom. The fraction of sp³-hybridized carbons (Fsp3) is 0.850. The van der Waals surface area contributed by atoms with E-state index in [2.05, 4.69) is 19.7 Å². The minimum absolute atomic E-state index is 0. The number of carbonyl (C=O) groups is 1. The molecule has 4 rings (SSSR count). The molecule has 0 aromatic carbocycles. The summed E-state index contributed by atoms with van der Waals surface area (Å²) in [5, 5.41) is 8.96. The smallest absolute Gasteiger partial charge is 0.223 e. The molecule has 0 spiro atoms. The lowest BCUT2D eigenvalue weighted by molar-refractivity contribution is -0.138. The summed E-state index contributed by atoms with van der Waals surface area (Å²) in [7, 11) is 0. The molecule has 1 saturated carbocycles. The topological polar surface area (TPSA) is 77.0 Å². The van der Waals surface area contributed by atoms with E-state index in [1.54, 1.807) is 0 Å². The molecule has 8 heteroatoms. The first-order valence-electron chi connectivity index (χ1n) is 10.6. The third-order valence-corrected chi connectivity index (χ3v) is 6.88. The Morgan fingerprint density at radius 1 is 1.00 bits per heavy atom. The van der Waals surface area contributed by atoms with Gasteiger partial charge in [-0.3, -0.25) is 4.79 Å². The second-order valence-electron chi connectivity index (χ2n) is 8.62. The number of likely N-dealkylation sites (tertiary alicyclic amines) is 1. The van der Waals surface area contributed by atoms with Crippen molar-refractivity contribution in [2.24, 2.45) is 11.1 Å². The number of hydrogen-bond acceptors (Lipinski definition) is 4. The molecule has 1 amide bonds. The fourth-order valence-corrected chi connectivity index (χ4v) is 5.25. The SMILES string of the molecule is Cl.Cl.NCC1(CC(=O)N2CCCCC2c2nnc3n2CCCC3)CCCCC1. The maximum absolute atomic E-state index is 13.3. The third-order valence-electron chi connectivity index (χ3n) is 6.88. The number of aryl methyl sites for hydroxylation is 1. The summed E-state index contributed by atoms with van der Waals surface area (Å²) in [5.74, 6) is 2.42. The maximum Gasteiger partial charge on any atom is 0.223 e. The van der Waals surface area contributed by atoms with Gasteiger partial charge in [-0.15, -0.1) is 35.0 Å². The number of fused-ring (bicyclic) bond motifs is 1. The van der Waals surface area contributed by atoms with Crippen LogP contribution in [0, 0.1) is 5.41 Å². The molecule has 3 aliphatic rings. The summed E-state index contributed by atoms with van der Waals surface area (Å²) < 4.78 is 2.29. The van der Waals surface area contributed by atoms with Crippen LogP contribution in [0.15, 0.2) is 0 Å². The number of amides is 1. The van der Waals surface area contributed by atoms with Gasteiger partial charge in [0.05, 0.1) is 6.04 Å². The van der Waals surface area contributed by atoms with Crippen LogP contribution in [0.4, 0.5) is 0 Å². The Labute approximate surface area is 180 Å². The zero-order chi connectivity index (χ0) is 18.0. The molecule has 1 unspecified atom stereocenters. The lowest BCUT2D eigenvalue weighted by atomic mass is 9.71. The molecule has 2 N–H and O–H groups in total. The monoisotopic (exact) mass is 431 g/mol. The van der Waals surface area contributed by atoms with Crippen molar-refractivity contribution in [3.63, 3.8) is 0 Å². The van der Waals surface area contributed by atoms with Crippen molar-refractivity contribution in [2.75, 3.05) is 13.1 Å². The number of hydrogen-bond donors (Lipinski definition) is 1. The first-order chi connectivity index (χ1) is 12.7. The van der Waals surface area contributed by atoms with Gasteiger partial charge in [-0.25, -0.2) is 0 Å². The van der Waals surface area contributed by atoms with Crippen molar-refractivity contribution in [1.82, 2.24) is 19.7 Å². The van der Waals surface area contributed by atoms with Gasteiger partial charge in [-0.2, -0.15) is 0 Å². The molecule has 160 valence electrons. The largest absolute Gasteiger partial charge is 0.332 e. The summed E-state index contributed by atoms with van der Waals surface area (Å²) in [6, 6.07) is 0.106. The van der Waals surface area contributed by atoms with E-state index < -0.39 is 0 Å². The van der Waals surface area contributed by atoms with Crippen molar-refractivity contribution in [3.8, 4) is 0 Å². The van der Waals surface area contributed by atoms with E-state index in [4.69, 9.17) is 5.73 Å². The number of aromatic nitrogens is 3. The molecule has 1 atom stereocenters. The van der Waals surface area contributed by atoms with Crippen LogP contribution in [0.3, 0.4) is 0 Å². The Morgan fingerprint density at radius 3 is 2.50 bits per heavy atom. The second-order valence-corrected chi connectivity index (χ2v) is 8.62. The predicted molar refractivity (Wildman–Crippen MR) is 115 cm³/mol. The summed E-state index contributed by atoms with van der Waals surface area (Å²) in [6.07, 6.45) is 13.2. The summed E-state index contributed by atoms with van der Waals surface area (Å²) in [5.41, 5.74) is 6.17. The van der Waals surface area contributed by atoms with Crippen molar-refractivity contribution < 1.29 is 4.79 Å². The maximum atomic E-state index is 13.3. The van der Waals surface area contributed by atoms with Crippen LogP contribution in [-0.4, -0.2) is 38.7 Å². The van der Waals surface area contributed by atoms with Gasteiger partial charge in [0.1, 0.15) is 5.82 Å². The Balaban J connectivity index is 0.00000140. The molecule has 28 heavy (non-hydrogen) atoms. The molecule has 2 fully saturated rings. The van der Waals surface area contributed by atoms with E-state index in [1.807, 2.05) is 0 Å². The van der Waals surface area contributed by atoms with Gasteiger partial charge >= 0.3 is 0 Å². The molecule has 1 aromatic rings. The lowest BCUT2D eigenvalue weighted by Gasteiger charge is -2.40. The normalized spacial score (nSPS) is 23.9. The highest BCUT2D eigenvalue weighted by Crippen LogP contribution is 2.40. The molecule has 3 heterocycles. The van der Waals surface area contributed by atoms with Crippen LogP contribution in [0.2, 0.25) is 0 Å². The predicted octanol–water partition coefficient (Wildman–Crippen LogP) is 3.81. The van der Waals surface area contributed by atoms with E-state index >= 15 is 0 Å². The standard InChI is InChI=1S/C20H33N5O.2ClH/c21-15-20(10-4-1-5-11-20)14-18(26)24-12-6-2-8-16(24)19-23-22-17-9-3-7-13-25(17)19;;/h16H,1-15,21H2;2*1H. The van der Waals surface area contributed by atoms with Gasteiger partial charge < -0.3 is 15.2 Å². The molecule has 1 saturated heterocycles. The number of carbonyl (C=O) groups excluding carboxylic acids is 1. The molecular weight excluding hydrogens is 397 g/mol. The van der Waals surface area contributed by atoms with Gasteiger partial charge in [0, 0.05) is 25.9 Å². The quantitative estimate of drug-likeness (QED) is 0.785. The van der Waals surface area contributed by atoms with Crippen LogP contribution < -0.4 is 5.73 Å². The minimum Gasteiger partial charge on any atom is -0.332 e. The second kappa shape index (κ2) is 10.3. The first-order valence-corrected chi connectivity index (χ1v) is 10.6. The Hall–Kier alpha value is -0.850. The molecule has 1 aliphatic carbocycles. The van der Waals surface area contributed by atoms with Crippen molar-refractivity contribution >= 4 is 30.7 Å². The van der Waals surface area contributed by atoms with Crippen LogP contribution in [0.25, 0.3) is 0 Å². The molecular formula is C20H35Cl2N5O. The Bertz CT molecular complexity index is 645. The van der Waals surface area contributed by atoms with Gasteiger partial charge in [-0.1, -0.05) is 19.3 Å². The highest BCUT2D eigenvalue weighted by molar-refractivity contribution is 5.85. The molecule has 0 bridgehead atoms. The minimum atomic E-state index is 0. The summed E-state index contributed by atoms with van der Waals surface area (Å²) >= 11 is 0. The summed E-state index contributed by atoms with van der Waals surface area (Å²) in [4.78, 5) is 15.4. The lowest BCUT2D eigenvalue weighted by Crippen LogP contribution is -2.44. The number of piperidine rings is 1. The van der Waals surface area contributed by atoms with E-state index in [9.17, 15) is 4.79 Å². The van der Waals surface area contributed by atoms with Gasteiger partial charge in [0.15, 0.2) is 5.82 Å². The number of nitrogens with two attached hydrogens (primary N) is 1. The molecule has 0 radical (unpaired) electrons. The van der Waals surface area contributed by atoms with E-state index in [0.717, 1.165) is 56.8 Å². The number of nitrogens with zero attached hydrogens (tertiary/aromatic N) is 4. The fourth-order valence-electron chi connectivity index (χ4n) is 5.25. The van der Waals surface area contributed by atoms with Crippen LogP contribution >= 0.6 is 24.8 Å². The van der Waals surface area contributed by atoms with Crippen molar-refractivity contribution in [2.45, 2.75) is 89.6 Å². The van der Waals surface area contributed by atoms with Crippen LogP contribution in [0.1, 0.15) is 88.3 Å². The third kappa shape index (κ3) is 4.65. The average molecular weight is 432 g/mol. The van der Waals surface area contributed by atoms with E-state index in [0.29, 0.717) is 13.0 Å². The van der Waals surface area contributed by atoms with Gasteiger partial charge in [-0.05, 0) is 56.9 Å². The number of rotatable bonds is 4. The summed E-state index contributed by atoms with van der Waals surface area (Å²) in [6.45, 7) is 2.49. The molecule has 6 nitrogen and oxygen atoms in total. The first kappa shape index (κ1) is 23.4. The van der Waals surface area contributed by atoms with E-state index in [1.165, 1.54) is 38.5 Å². The highest BCUT2D eigenvalue weighted by atomic mass is 35.5. The highest BCUT2D eigenvalue weighted by Gasteiger charge is 2.38.